The predicted molar refractivity (Wildman–Crippen MR) is 25.1 cm³/mol. The molecule has 0 rings (SSSR count). The molecule has 0 atom stereocenters. The molecule has 0 spiro atoms. The molecular formula is C2H6O2Si2. The van der Waals surface area contributed by atoms with Crippen molar-refractivity contribution in [1.82, 2.24) is 0 Å². The molecule has 2 nitrogen and oxygen atoms in total. The molecule has 0 aliphatic rings. The Hall–Kier alpha value is 0.0338. The monoisotopic (exact) mass is 118 g/mol. The third kappa shape index (κ3) is 8.98. The van der Waals surface area contributed by atoms with Crippen molar-refractivity contribution < 1.29 is 8.89 Å². The van der Waals surface area contributed by atoms with E-state index in [1.165, 1.54) is 7.11 Å². The summed E-state index contributed by atoms with van der Waals surface area (Å²) in [4.78, 5) is 0. The zero-order valence-electron chi connectivity index (χ0n) is 3.82. The summed E-state index contributed by atoms with van der Waals surface area (Å²) in [6, 6.07) is 0. The maximum atomic E-state index is 9.78. The molecule has 0 fully saturated rings. The van der Waals surface area contributed by atoms with Crippen LogP contribution in [0.1, 0.15) is 0 Å². The molecule has 0 bridgehead atoms. The van der Waals surface area contributed by atoms with Crippen LogP contribution in [0.2, 0.25) is 6.55 Å². The molecule has 0 aromatic carbocycles. The third-order valence-corrected chi connectivity index (χ3v) is 0.862. The lowest BCUT2D eigenvalue weighted by molar-refractivity contribution is 0.370. The van der Waals surface area contributed by atoms with E-state index in [9.17, 15) is 4.46 Å². The minimum Gasteiger partial charge on any atom is -0.527 e. The lowest BCUT2D eigenvalue weighted by Gasteiger charge is -1.79. The fourth-order valence-corrected chi connectivity index (χ4v) is 0. The number of hydrogen-bond acceptors (Lipinski definition) is 2. The smallest absolute Gasteiger partial charge is 0.498 e. The van der Waals surface area contributed by atoms with Crippen molar-refractivity contribution in [2.24, 2.45) is 0 Å². The van der Waals surface area contributed by atoms with Gasteiger partial charge < -0.3 is 8.89 Å². The number of rotatable bonds is 1. The Labute approximate surface area is 43.3 Å². The fourth-order valence-electron chi connectivity index (χ4n) is 0. The second-order valence-electron chi connectivity index (χ2n) is 0.696. The van der Waals surface area contributed by atoms with Crippen molar-refractivity contribution in [3.8, 4) is 0 Å². The van der Waals surface area contributed by atoms with Gasteiger partial charge >= 0.3 is 8.93 Å². The Morgan fingerprint density at radius 1 is 1.67 bits per heavy atom. The molecule has 4 radical (unpaired) electrons. The quantitative estimate of drug-likeness (QED) is 0.446. The molecule has 0 amide bonds. The average Bonchev–Trinajstić information content (AvgIpc) is 1.38. The first kappa shape index (κ1) is 9.40. The summed E-state index contributed by atoms with van der Waals surface area (Å²) < 4.78 is 14.1. The van der Waals surface area contributed by atoms with E-state index in [0.29, 0.717) is 0 Å². The van der Waals surface area contributed by atoms with Crippen LogP contribution >= 0.6 is 0 Å². The normalized spacial score (nSPS) is 5.67. The van der Waals surface area contributed by atoms with Gasteiger partial charge in [-0.25, -0.2) is 0 Å². The molecule has 4 heteroatoms. The highest BCUT2D eigenvalue weighted by molar-refractivity contribution is 6.32. The fraction of sp³-hybridized carbons (Fsp3) is 1.00. The molecule has 34 valence electrons. The highest BCUT2D eigenvalue weighted by Gasteiger charge is 1.84. The van der Waals surface area contributed by atoms with Gasteiger partial charge in [0.15, 0.2) is 0 Å². The van der Waals surface area contributed by atoms with Gasteiger partial charge in [-0.05, 0) is 0 Å². The standard InChI is InChI=1S/C2H6O2Si.Si/c1-4-5(2)3;/h1-2H3;. The maximum absolute atomic E-state index is 9.78. The lowest BCUT2D eigenvalue weighted by atomic mass is 11.8. The van der Waals surface area contributed by atoms with E-state index in [1.807, 2.05) is 0 Å². The molecule has 0 saturated heterocycles. The Kier molecular flexibility index (Phi) is 7.88. The van der Waals surface area contributed by atoms with Crippen LogP contribution in [-0.2, 0) is 8.89 Å². The minimum absolute atomic E-state index is 0. The largest absolute Gasteiger partial charge is 0.527 e. The van der Waals surface area contributed by atoms with Crippen LogP contribution in [0, 0.1) is 0 Å². The first-order valence-electron chi connectivity index (χ1n) is 1.32. The second kappa shape index (κ2) is 5.03. The number of hydrogen-bond donors (Lipinski definition) is 0. The van der Waals surface area contributed by atoms with E-state index in [4.69, 9.17) is 0 Å². The first-order chi connectivity index (χ1) is 2.27. The molecule has 0 aliphatic carbocycles. The Morgan fingerprint density at radius 2 is 1.83 bits per heavy atom. The van der Waals surface area contributed by atoms with Gasteiger partial charge in [0.1, 0.15) is 0 Å². The third-order valence-electron chi connectivity index (χ3n) is 0.287. The van der Waals surface area contributed by atoms with Gasteiger partial charge in [0.05, 0.1) is 7.11 Å². The van der Waals surface area contributed by atoms with Crippen LogP contribution in [0.4, 0.5) is 0 Å². The molecule has 0 heterocycles. The van der Waals surface area contributed by atoms with Crippen molar-refractivity contribution >= 4 is 19.9 Å². The summed E-state index contributed by atoms with van der Waals surface area (Å²) >= 11 is 0. The summed E-state index contributed by atoms with van der Waals surface area (Å²) in [5.74, 6) is 0. The summed E-state index contributed by atoms with van der Waals surface area (Å²) in [6.45, 7) is 1.55. The van der Waals surface area contributed by atoms with Crippen LogP contribution in [0.5, 0.6) is 0 Å². The van der Waals surface area contributed by atoms with Crippen molar-refractivity contribution in [3.05, 3.63) is 0 Å². The van der Waals surface area contributed by atoms with Gasteiger partial charge in [-0.3, -0.25) is 0 Å². The molecule has 6 heavy (non-hydrogen) atoms. The molecule has 0 aliphatic heterocycles. The maximum Gasteiger partial charge on any atom is 0.498 e. The van der Waals surface area contributed by atoms with E-state index >= 15 is 0 Å². The van der Waals surface area contributed by atoms with Crippen LogP contribution in [-0.4, -0.2) is 27.0 Å². The molecule has 0 aromatic heterocycles. The van der Waals surface area contributed by atoms with Gasteiger partial charge in [-0.15, -0.1) is 0 Å². The second-order valence-corrected chi connectivity index (χ2v) is 2.09. The SMILES string of the molecule is CO[Si](C)=O.[Si]. The highest BCUT2D eigenvalue weighted by Crippen LogP contribution is 1.58. The molecule has 0 N–H and O–H groups in total. The van der Waals surface area contributed by atoms with E-state index < -0.39 is 8.93 Å². The summed E-state index contributed by atoms with van der Waals surface area (Å²) in [5.41, 5.74) is 0. The first-order valence-corrected chi connectivity index (χ1v) is 3.13. The molecule has 0 saturated carbocycles. The van der Waals surface area contributed by atoms with E-state index in [-0.39, 0.29) is 11.0 Å². The molecular weight excluding hydrogens is 112 g/mol. The van der Waals surface area contributed by atoms with Crippen LogP contribution in [0.3, 0.4) is 0 Å². The van der Waals surface area contributed by atoms with Crippen LogP contribution < -0.4 is 0 Å². The van der Waals surface area contributed by atoms with Crippen molar-refractivity contribution in [3.63, 3.8) is 0 Å². The van der Waals surface area contributed by atoms with Crippen LogP contribution in [0.15, 0.2) is 0 Å². The summed E-state index contributed by atoms with van der Waals surface area (Å²) in [6.07, 6.45) is 0. The van der Waals surface area contributed by atoms with E-state index in [1.54, 1.807) is 6.55 Å². The Morgan fingerprint density at radius 3 is 1.83 bits per heavy atom. The van der Waals surface area contributed by atoms with Crippen molar-refractivity contribution in [1.29, 1.82) is 0 Å². The molecule has 0 aromatic rings. The van der Waals surface area contributed by atoms with E-state index in [2.05, 4.69) is 4.43 Å². The van der Waals surface area contributed by atoms with Gasteiger partial charge in [0.2, 0.25) is 0 Å². The average molecular weight is 118 g/mol. The zero-order valence-corrected chi connectivity index (χ0v) is 5.82. The van der Waals surface area contributed by atoms with Crippen molar-refractivity contribution in [2.45, 2.75) is 6.55 Å². The predicted octanol–water partition coefficient (Wildman–Crippen LogP) is -0.200. The van der Waals surface area contributed by atoms with Gasteiger partial charge in [-0.1, -0.05) is 0 Å². The zero-order chi connectivity index (χ0) is 4.28. The topological polar surface area (TPSA) is 26.3 Å². The lowest BCUT2D eigenvalue weighted by Crippen LogP contribution is -1.92. The van der Waals surface area contributed by atoms with Crippen molar-refractivity contribution in [2.75, 3.05) is 7.11 Å². The summed E-state index contributed by atoms with van der Waals surface area (Å²) in [5, 5.41) is 0. The van der Waals surface area contributed by atoms with Crippen LogP contribution in [0.25, 0.3) is 0 Å². The highest BCUT2D eigenvalue weighted by atomic mass is 28.3. The Bertz CT molecular complexity index is 44.8. The summed E-state index contributed by atoms with van der Waals surface area (Å²) in [7, 11) is -0.192. The van der Waals surface area contributed by atoms with E-state index in [0.717, 1.165) is 0 Å². The molecule has 0 unspecified atom stereocenters. The minimum atomic E-state index is -1.62. The van der Waals surface area contributed by atoms with Gasteiger partial charge in [0, 0.05) is 17.5 Å². The Balaban J connectivity index is 0. The van der Waals surface area contributed by atoms with Gasteiger partial charge in [0.25, 0.3) is 0 Å². The van der Waals surface area contributed by atoms with Gasteiger partial charge in [-0.2, -0.15) is 0 Å².